The van der Waals surface area contributed by atoms with Crippen molar-refractivity contribution < 1.29 is 24.8 Å². The first-order valence-corrected chi connectivity index (χ1v) is 10.2. The molecule has 0 unspecified atom stereocenters. The van der Waals surface area contributed by atoms with Crippen LogP contribution < -0.4 is 9.47 Å². The number of hydrogen-bond acceptors (Lipinski definition) is 6. The molecule has 27 heavy (non-hydrogen) atoms. The summed E-state index contributed by atoms with van der Waals surface area (Å²) in [5, 5.41) is 33.4. The molecule has 0 amide bonds. The third-order valence-corrected chi connectivity index (χ3v) is 8.01. The molecule has 0 aromatic heterocycles. The van der Waals surface area contributed by atoms with Crippen LogP contribution in [0.15, 0.2) is 6.07 Å². The maximum Gasteiger partial charge on any atom is 0.203 e. The molecule has 2 aliphatic heterocycles. The topological polar surface area (TPSA) is 82.4 Å². The Bertz CT molecular complexity index is 823. The number of benzene rings is 1. The number of likely N-dealkylation sites (tertiary alicyclic amines) is 1. The molecule has 2 heterocycles. The number of aliphatic hydroxyl groups is 2. The first kappa shape index (κ1) is 16.5. The van der Waals surface area contributed by atoms with Crippen LogP contribution in [-0.4, -0.2) is 64.3 Å². The molecule has 1 aromatic carbocycles. The largest absolute Gasteiger partial charge is 0.504 e. The van der Waals surface area contributed by atoms with Gasteiger partial charge in [-0.1, -0.05) is 0 Å². The van der Waals surface area contributed by atoms with Crippen molar-refractivity contribution in [2.45, 2.75) is 67.8 Å². The van der Waals surface area contributed by atoms with Crippen molar-refractivity contribution in [2.75, 3.05) is 20.2 Å². The van der Waals surface area contributed by atoms with Gasteiger partial charge >= 0.3 is 0 Å². The zero-order valence-electron chi connectivity index (χ0n) is 15.6. The van der Waals surface area contributed by atoms with Gasteiger partial charge in [-0.25, -0.2) is 0 Å². The fraction of sp³-hybridized carbons (Fsp3) is 0.714. The highest BCUT2D eigenvalue weighted by molar-refractivity contribution is 5.67. The van der Waals surface area contributed by atoms with Crippen molar-refractivity contribution >= 4 is 0 Å². The average molecular weight is 373 g/mol. The highest BCUT2D eigenvalue weighted by atomic mass is 16.5. The van der Waals surface area contributed by atoms with Crippen LogP contribution in [0, 0.1) is 5.92 Å². The molecule has 6 nitrogen and oxygen atoms in total. The third kappa shape index (κ3) is 1.82. The van der Waals surface area contributed by atoms with E-state index in [4.69, 9.17) is 9.47 Å². The number of nitrogens with zero attached hydrogens (tertiary/aromatic N) is 1. The summed E-state index contributed by atoms with van der Waals surface area (Å²) >= 11 is 0. The van der Waals surface area contributed by atoms with E-state index < -0.39 is 23.2 Å². The van der Waals surface area contributed by atoms with Crippen LogP contribution in [0.25, 0.3) is 0 Å². The van der Waals surface area contributed by atoms with Gasteiger partial charge in [0.15, 0.2) is 11.5 Å². The fourth-order valence-corrected chi connectivity index (χ4v) is 6.70. The highest BCUT2D eigenvalue weighted by Crippen LogP contribution is 2.66. The molecule has 3 aliphatic carbocycles. The molecule has 0 radical (unpaired) electrons. The summed E-state index contributed by atoms with van der Waals surface area (Å²) in [4.78, 5) is 2.47. The summed E-state index contributed by atoms with van der Waals surface area (Å²) < 4.78 is 11.7. The van der Waals surface area contributed by atoms with Gasteiger partial charge in [0, 0.05) is 18.2 Å². The van der Waals surface area contributed by atoms with Crippen molar-refractivity contribution in [1.29, 1.82) is 0 Å². The number of ether oxygens (including phenoxy) is 2. The Balaban J connectivity index is 1.58. The summed E-state index contributed by atoms with van der Waals surface area (Å²) in [5.41, 5.74) is 0.490. The predicted octanol–water partition coefficient (Wildman–Crippen LogP) is 1.33. The predicted molar refractivity (Wildman–Crippen MR) is 97.3 cm³/mol. The highest BCUT2D eigenvalue weighted by Gasteiger charge is 2.73. The van der Waals surface area contributed by atoms with Gasteiger partial charge in [0.05, 0.1) is 24.2 Å². The standard InChI is InChI=1S/C21H27NO5/c1-26-17-14(24)8-12-9-15-21(25)5-4-13(23)19-20(21,16(12)18(17)27-19)6-7-22(15)10-11-2-3-11/h8,11,13,15,19,23-25H,2-7,9-10H2,1H3/t13-,15-,19+,20+,21-/m1/s1. The number of aliphatic hydroxyl groups excluding tert-OH is 1. The minimum absolute atomic E-state index is 0.0108. The van der Waals surface area contributed by atoms with Gasteiger partial charge in [-0.15, -0.1) is 0 Å². The zero-order valence-corrected chi connectivity index (χ0v) is 15.6. The summed E-state index contributed by atoms with van der Waals surface area (Å²) in [6.45, 7) is 1.96. The zero-order chi connectivity index (χ0) is 18.6. The van der Waals surface area contributed by atoms with Crippen LogP contribution >= 0.6 is 0 Å². The second-order valence-corrected chi connectivity index (χ2v) is 9.24. The number of phenolic OH excluding ortho intramolecular Hbond substituents is 1. The maximum absolute atomic E-state index is 12.1. The molecule has 2 saturated carbocycles. The van der Waals surface area contributed by atoms with Crippen molar-refractivity contribution in [1.82, 2.24) is 4.90 Å². The van der Waals surface area contributed by atoms with Gasteiger partial charge < -0.3 is 24.8 Å². The average Bonchev–Trinajstić information content (AvgIpc) is 3.38. The van der Waals surface area contributed by atoms with Crippen LogP contribution in [-0.2, 0) is 11.8 Å². The Morgan fingerprint density at radius 2 is 2.11 bits per heavy atom. The van der Waals surface area contributed by atoms with Crippen molar-refractivity contribution in [2.24, 2.45) is 5.92 Å². The molecule has 5 aliphatic rings. The summed E-state index contributed by atoms with van der Waals surface area (Å²) in [5.74, 6) is 1.69. The fourth-order valence-electron chi connectivity index (χ4n) is 6.70. The number of methoxy groups -OCH3 is 1. The molecule has 1 saturated heterocycles. The molecular formula is C21H27NO5. The lowest BCUT2D eigenvalue weighted by Crippen LogP contribution is -2.77. The minimum atomic E-state index is -0.912. The summed E-state index contributed by atoms with van der Waals surface area (Å²) in [6, 6.07) is 1.80. The van der Waals surface area contributed by atoms with Crippen molar-refractivity contribution in [3.05, 3.63) is 17.2 Å². The minimum Gasteiger partial charge on any atom is -0.504 e. The van der Waals surface area contributed by atoms with Crippen molar-refractivity contribution in [3.8, 4) is 17.2 Å². The molecule has 6 heteroatoms. The van der Waals surface area contributed by atoms with E-state index in [1.807, 2.05) is 0 Å². The maximum atomic E-state index is 12.1. The first-order chi connectivity index (χ1) is 13.0. The Morgan fingerprint density at radius 1 is 1.30 bits per heavy atom. The molecule has 6 rings (SSSR count). The number of phenols is 1. The molecule has 3 N–H and O–H groups in total. The first-order valence-electron chi connectivity index (χ1n) is 10.2. The van der Waals surface area contributed by atoms with Gasteiger partial charge in [0.2, 0.25) is 5.75 Å². The lowest BCUT2D eigenvalue weighted by molar-refractivity contribution is -0.208. The van der Waals surface area contributed by atoms with E-state index in [-0.39, 0.29) is 11.8 Å². The SMILES string of the molecule is COc1c(O)cc2c3c1O[C@H]1[C@H](O)CC[C@@]4(O)[C@@H](C2)N(CC2CC2)CC[C@]314. The van der Waals surface area contributed by atoms with Crippen LogP contribution in [0.3, 0.4) is 0 Å². The summed E-state index contributed by atoms with van der Waals surface area (Å²) in [7, 11) is 1.52. The number of rotatable bonds is 3. The number of hydrogen-bond donors (Lipinski definition) is 3. The molecule has 1 aromatic rings. The van der Waals surface area contributed by atoms with Gasteiger partial charge in [-0.3, -0.25) is 4.90 Å². The smallest absolute Gasteiger partial charge is 0.203 e. The molecule has 1 spiro atoms. The van der Waals surface area contributed by atoms with E-state index in [0.717, 1.165) is 36.6 Å². The van der Waals surface area contributed by atoms with Gasteiger partial charge in [-0.05, 0) is 62.6 Å². The Hall–Kier alpha value is -1.50. The van der Waals surface area contributed by atoms with E-state index in [2.05, 4.69) is 4.90 Å². The molecule has 3 fully saturated rings. The lowest BCUT2D eigenvalue weighted by atomic mass is 9.48. The number of aromatic hydroxyl groups is 1. The Kier molecular flexibility index (Phi) is 3.11. The Morgan fingerprint density at radius 3 is 2.85 bits per heavy atom. The van der Waals surface area contributed by atoms with Crippen molar-refractivity contribution in [3.63, 3.8) is 0 Å². The van der Waals surface area contributed by atoms with E-state index in [1.165, 1.54) is 20.0 Å². The molecule has 146 valence electrons. The van der Waals surface area contributed by atoms with Crippen LogP contribution in [0.2, 0.25) is 0 Å². The monoisotopic (exact) mass is 373 g/mol. The van der Waals surface area contributed by atoms with Gasteiger partial charge in [0.1, 0.15) is 6.10 Å². The van der Waals surface area contributed by atoms with Gasteiger partial charge in [-0.2, -0.15) is 0 Å². The molecule has 5 atom stereocenters. The number of piperidine rings is 1. The third-order valence-electron chi connectivity index (χ3n) is 8.01. The lowest BCUT2D eigenvalue weighted by Gasteiger charge is -2.63. The van der Waals surface area contributed by atoms with E-state index in [0.29, 0.717) is 30.8 Å². The van der Waals surface area contributed by atoms with Crippen LogP contribution in [0.4, 0.5) is 0 Å². The Labute approximate surface area is 158 Å². The van der Waals surface area contributed by atoms with Crippen LogP contribution in [0.1, 0.15) is 43.2 Å². The molecular weight excluding hydrogens is 346 g/mol. The van der Waals surface area contributed by atoms with E-state index in [9.17, 15) is 15.3 Å². The van der Waals surface area contributed by atoms with Crippen LogP contribution in [0.5, 0.6) is 17.2 Å². The van der Waals surface area contributed by atoms with E-state index in [1.54, 1.807) is 6.07 Å². The normalized spacial score (nSPS) is 41.8. The quantitative estimate of drug-likeness (QED) is 0.742. The summed E-state index contributed by atoms with van der Waals surface area (Å²) in [6.07, 6.45) is 4.07. The second-order valence-electron chi connectivity index (χ2n) is 9.24. The second kappa shape index (κ2) is 5.10. The van der Waals surface area contributed by atoms with Gasteiger partial charge in [0.25, 0.3) is 0 Å². The van der Waals surface area contributed by atoms with E-state index >= 15 is 0 Å². The molecule has 2 bridgehead atoms.